The van der Waals surface area contributed by atoms with Crippen molar-refractivity contribution in [3.8, 4) is 23.0 Å². The summed E-state index contributed by atoms with van der Waals surface area (Å²) in [5.74, 6) is 2.35. The van der Waals surface area contributed by atoms with Crippen LogP contribution in [0.1, 0.15) is 5.56 Å². The molecule has 5 nitrogen and oxygen atoms in total. The lowest BCUT2D eigenvalue weighted by Gasteiger charge is -2.17. The Labute approximate surface area is 148 Å². The highest BCUT2D eigenvalue weighted by Crippen LogP contribution is 2.45. The van der Waals surface area contributed by atoms with Crippen LogP contribution >= 0.6 is 0 Å². The molecule has 26 heavy (non-hydrogen) atoms. The van der Waals surface area contributed by atoms with Gasteiger partial charge in [0.1, 0.15) is 0 Å². The smallest absolute Gasteiger partial charge is 0.231 e. The summed E-state index contributed by atoms with van der Waals surface area (Å²) in [6.45, 7) is 1.13. The Hall–Kier alpha value is -3.21. The van der Waals surface area contributed by atoms with Gasteiger partial charge in [-0.15, -0.1) is 0 Å². The predicted octanol–water partition coefficient (Wildman–Crippen LogP) is 3.43. The first-order chi connectivity index (χ1) is 12.8. The summed E-state index contributed by atoms with van der Waals surface area (Å²) in [6.07, 6.45) is 2.95. The second-order valence-corrected chi connectivity index (χ2v) is 6.80. The number of phenolic OH excluding ortho intramolecular Hbond substituents is 1. The molecule has 0 radical (unpaired) electrons. The summed E-state index contributed by atoms with van der Waals surface area (Å²) in [5, 5.41) is 15.9. The molecular formula is C21H16NO4+. The number of hydrogen-bond donors (Lipinski definition) is 1. The molecule has 0 fully saturated rings. The first-order valence-corrected chi connectivity index (χ1v) is 8.66. The van der Waals surface area contributed by atoms with Crippen molar-refractivity contribution in [3.63, 3.8) is 0 Å². The van der Waals surface area contributed by atoms with Crippen LogP contribution in [0.2, 0.25) is 0 Å². The van der Waals surface area contributed by atoms with Crippen LogP contribution in [-0.2, 0) is 13.0 Å². The van der Waals surface area contributed by atoms with Gasteiger partial charge in [-0.1, -0.05) is 0 Å². The lowest BCUT2D eigenvalue weighted by Crippen LogP contribution is -2.38. The highest BCUT2D eigenvalue weighted by Gasteiger charge is 2.29. The average molecular weight is 346 g/mol. The van der Waals surface area contributed by atoms with Gasteiger partial charge in [0.05, 0.1) is 23.3 Å². The van der Waals surface area contributed by atoms with Crippen molar-refractivity contribution < 1.29 is 23.9 Å². The molecule has 0 aliphatic carbocycles. The van der Waals surface area contributed by atoms with Gasteiger partial charge in [0, 0.05) is 17.2 Å². The number of aromatic nitrogens is 1. The second-order valence-electron chi connectivity index (χ2n) is 6.80. The van der Waals surface area contributed by atoms with E-state index in [1.165, 1.54) is 16.5 Å². The molecule has 3 heterocycles. The molecule has 128 valence electrons. The fourth-order valence-corrected chi connectivity index (χ4v) is 4.41. The van der Waals surface area contributed by atoms with E-state index in [1.54, 1.807) is 7.11 Å². The summed E-state index contributed by atoms with van der Waals surface area (Å²) in [6, 6.07) is 10.2. The summed E-state index contributed by atoms with van der Waals surface area (Å²) < 4.78 is 18.9. The lowest BCUT2D eigenvalue weighted by molar-refractivity contribution is -0.670. The molecule has 2 aliphatic heterocycles. The fraction of sp³-hybridized carbons (Fsp3) is 0.190. The molecule has 2 aliphatic rings. The number of benzene rings is 3. The largest absolute Gasteiger partial charge is 0.504 e. The van der Waals surface area contributed by atoms with Crippen LogP contribution in [0.3, 0.4) is 0 Å². The van der Waals surface area contributed by atoms with Gasteiger partial charge < -0.3 is 19.3 Å². The molecule has 0 saturated heterocycles. The van der Waals surface area contributed by atoms with Crippen molar-refractivity contribution in [1.82, 2.24) is 0 Å². The van der Waals surface area contributed by atoms with E-state index in [1.807, 2.05) is 18.3 Å². The van der Waals surface area contributed by atoms with Crippen molar-refractivity contribution in [1.29, 1.82) is 0 Å². The van der Waals surface area contributed by atoms with Crippen LogP contribution in [0.25, 0.3) is 32.4 Å². The average Bonchev–Trinajstić information content (AvgIpc) is 3.14. The number of ether oxygens (including phenoxy) is 3. The van der Waals surface area contributed by atoms with Gasteiger partial charge in [0.2, 0.25) is 12.3 Å². The highest BCUT2D eigenvalue weighted by molar-refractivity contribution is 6.17. The van der Waals surface area contributed by atoms with Gasteiger partial charge in [-0.05, 0) is 35.9 Å². The molecule has 4 aromatic rings. The zero-order chi connectivity index (χ0) is 17.4. The van der Waals surface area contributed by atoms with E-state index in [-0.39, 0.29) is 12.5 Å². The molecule has 0 saturated carbocycles. The number of hydrogen-bond acceptors (Lipinski definition) is 4. The second kappa shape index (κ2) is 4.69. The van der Waals surface area contributed by atoms with Crippen LogP contribution in [0.5, 0.6) is 23.0 Å². The number of aromatic hydroxyl groups is 1. The maximum atomic E-state index is 10.6. The number of aryl methyl sites for hydroxylation is 2. The molecule has 1 N–H and O–H groups in total. The van der Waals surface area contributed by atoms with Crippen molar-refractivity contribution in [2.24, 2.45) is 0 Å². The van der Waals surface area contributed by atoms with Crippen LogP contribution in [0.15, 0.2) is 36.5 Å². The molecule has 6 rings (SSSR count). The third kappa shape index (κ3) is 1.58. The number of pyridine rings is 1. The number of fused-ring (bicyclic) bond motifs is 4. The van der Waals surface area contributed by atoms with E-state index in [9.17, 15) is 5.11 Å². The molecular weight excluding hydrogens is 330 g/mol. The van der Waals surface area contributed by atoms with E-state index in [0.717, 1.165) is 46.0 Å². The van der Waals surface area contributed by atoms with Gasteiger partial charge in [-0.25, -0.2) is 0 Å². The van der Waals surface area contributed by atoms with Crippen molar-refractivity contribution >= 4 is 32.4 Å². The summed E-state index contributed by atoms with van der Waals surface area (Å²) in [5.41, 5.74) is 2.46. The Balaban J connectivity index is 1.84. The molecule has 3 aromatic carbocycles. The molecule has 0 amide bonds. The molecule has 0 bridgehead atoms. The minimum Gasteiger partial charge on any atom is -0.504 e. The Morgan fingerprint density at radius 3 is 2.77 bits per heavy atom. The molecule has 1 aromatic heterocycles. The molecule has 0 unspecified atom stereocenters. The van der Waals surface area contributed by atoms with Crippen LogP contribution in [0.4, 0.5) is 0 Å². The maximum absolute atomic E-state index is 10.6. The van der Waals surface area contributed by atoms with Gasteiger partial charge in [0.25, 0.3) is 0 Å². The molecule has 0 spiro atoms. The van der Waals surface area contributed by atoms with Crippen LogP contribution in [0, 0.1) is 0 Å². The summed E-state index contributed by atoms with van der Waals surface area (Å²) in [4.78, 5) is 0. The quantitative estimate of drug-likeness (QED) is 0.424. The van der Waals surface area contributed by atoms with Gasteiger partial charge in [0.15, 0.2) is 35.7 Å². The zero-order valence-corrected chi connectivity index (χ0v) is 14.2. The van der Waals surface area contributed by atoms with Crippen molar-refractivity contribution in [3.05, 3.63) is 42.1 Å². The predicted molar refractivity (Wildman–Crippen MR) is 97.2 cm³/mol. The van der Waals surface area contributed by atoms with Crippen LogP contribution < -0.4 is 18.8 Å². The SMILES string of the molecule is COc1ccc2c(c[n+]3c4c2ccc2c5c(cc(c24)CC3)OCO5)c1O. The highest BCUT2D eigenvalue weighted by atomic mass is 16.7. The van der Waals surface area contributed by atoms with Crippen molar-refractivity contribution in [2.45, 2.75) is 13.0 Å². The lowest BCUT2D eigenvalue weighted by atomic mass is 9.93. The Kier molecular flexibility index (Phi) is 2.53. The van der Waals surface area contributed by atoms with E-state index < -0.39 is 0 Å². The minimum atomic E-state index is 0.187. The van der Waals surface area contributed by atoms with Gasteiger partial charge >= 0.3 is 0 Å². The molecule has 5 heteroatoms. The zero-order valence-electron chi connectivity index (χ0n) is 14.2. The standard InChI is InChI=1S/C21H15NO4/c1-24-16-5-4-12-13-2-3-14-18-11(8-17-21(14)26-10-25-17)6-7-22(19(13)18)9-15(12)20(16)23/h2-5,8-9H,6-7,10H2,1H3/p+1. The van der Waals surface area contributed by atoms with Gasteiger partial charge in [-0.3, -0.25) is 0 Å². The summed E-state index contributed by atoms with van der Waals surface area (Å²) in [7, 11) is 1.57. The topological polar surface area (TPSA) is 51.8 Å². The number of rotatable bonds is 1. The number of methoxy groups -OCH3 is 1. The Bertz CT molecular complexity index is 1260. The fourth-order valence-electron chi connectivity index (χ4n) is 4.41. The number of phenols is 1. The first kappa shape index (κ1) is 14.0. The van der Waals surface area contributed by atoms with Crippen molar-refractivity contribution in [2.75, 3.05) is 13.9 Å². The van der Waals surface area contributed by atoms with E-state index >= 15 is 0 Å². The normalized spacial score (nSPS) is 14.7. The Morgan fingerprint density at radius 2 is 1.88 bits per heavy atom. The summed E-state index contributed by atoms with van der Waals surface area (Å²) >= 11 is 0. The Morgan fingerprint density at radius 1 is 1.04 bits per heavy atom. The maximum Gasteiger partial charge on any atom is 0.231 e. The van der Waals surface area contributed by atoms with E-state index in [4.69, 9.17) is 14.2 Å². The van der Waals surface area contributed by atoms with Crippen LogP contribution in [-0.4, -0.2) is 19.0 Å². The third-order valence-corrected chi connectivity index (χ3v) is 5.57. The number of nitrogens with zero attached hydrogens (tertiary/aromatic N) is 1. The monoisotopic (exact) mass is 346 g/mol. The minimum absolute atomic E-state index is 0.187. The van der Waals surface area contributed by atoms with Gasteiger partial charge in [-0.2, -0.15) is 4.57 Å². The van der Waals surface area contributed by atoms with E-state index in [0.29, 0.717) is 5.75 Å². The van der Waals surface area contributed by atoms with E-state index in [2.05, 4.69) is 22.8 Å². The first-order valence-electron chi connectivity index (χ1n) is 8.66. The third-order valence-electron chi connectivity index (χ3n) is 5.57. The molecule has 0 atom stereocenters.